The molecule has 0 unspecified atom stereocenters. The zero-order valence-electron chi connectivity index (χ0n) is 12.7. The Hall–Kier alpha value is -3.49. The summed E-state index contributed by atoms with van der Waals surface area (Å²) in [6.07, 6.45) is 0. The minimum atomic E-state index is -0.555. The molecule has 0 aromatic heterocycles. The number of nitro groups is 2. The summed E-state index contributed by atoms with van der Waals surface area (Å²) >= 11 is 0. The Kier molecular flexibility index (Phi) is 5.05. The highest BCUT2D eigenvalue weighted by atomic mass is 16.6. The van der Waals surface area contributed by atoms with E-state index in [0.717, 1.165) is 0 Å². The van der Waals surface area contributed by atoms with Gasteiger partial charge in [0.25, 0.3) is 11.4 Å². The fourth-order valence-corrected chi connectivity index (χ4v) is 2.09. The Balaban J connectivity index is 2.01. The summed E-state index contributed by atoms with van der Waals surface area (Å²) in [6.45, 7) is 1.45. The number of amides is 1. The van der Waals surface area contributed by atoms with Crippen LogP contribution in [0.15, 0.2) is 42.5 Å². The lowest BCUT2D eigenvalue weighted by molar-refractivity contribution is -0.385. The molecule has 2 rings (SSSR count). The number of rotatable bonds is 6. The van der Waals surface area contributed by atoms with Crippen molar-refractivity contribution >= 4 is 28.7 Å². The maximum Gasteiger partial charge on any atom is 0.274 e. The molecular formula is C15H14N4O5. The predicted molar refractivity (Wildman–Crippen MR) is 88.0 cm³/mol. The van der Waals surface area contributed by atoms with Crippen molar-refractivity contribution in [3.05, 3.63) is 68.3 Å². The Bertz CT molecular complexity index is 806. The maximum atomic E-state index is 11.9. The van der Waals surface area contributed by atoms with Crippen molar-refractivity contribution in [2.24, 2.45) is 0 Å². The van der Waals surface area contributed by atoms with E-state index in [0.29, 0.717) is 16.9 Å². The smallest absolute Gasteiger partial charge is 0.274 e. The summed E-state index contributed by atoms with van der Waals surface area (Å²) in [5.41, 5.74) is 1.02. The van der Waals surface area contributed by atoms with E-state index < -0.39 is 15.8 Å². The van der Waals surface area contributed by atoms with E-state index in [2.05, 4.69) is 10.6 Å². The topological polar surface area (TPSA) is 127 Å². The molecule has 0 spiro atoms. The number of nitro benzene ring substituents is 2. The molecule has 0 bridgehead atoms. The lowest BCUT2D eigenvalue weighted by Crippen LogP contribution is -2.22. The molecule has 0 heterocycles. The third kappa shape index (κ3) is 4.03. The van der Waals surface area contributed by atoms with Gasteiger partial charge in [0.1, 0.15) is 0 Å². The number of carbonyl (C=O) groups is 1. The average Bonchev–Trinajstić information content (AvgIpc) is 2.53. The lowest BCUT2D eigenvalue weighted by Gasteiger charge is -2.10. The van der Waals surface area contributed by atoms with E-state index in [9.17, 15) is 25.0 Å². The molecule has 24 heavy (non-hydrogen) atoms. The number of nitrogens with one attached hydrogen (secondary N) is 2. The number of nitrogens with zero attached hydrogens (tertiary/aromatic N) is 2. The molecule has 9 nitrogen and oxygen atoms in total. The summed E-state index contributed by atoms with van der Waals surface area (Å²) in [7, 11) is 0. The molecule has 0 aliphatic carbocycles. The molecule has 2 aromatic carbocycles. The summed E-state index contributed by atoms with van der Waals surface area (Å²) in [6, 6.07) is 10.1. The van der Waals surface area contributed by atoms with Crippen LogP contribution in [0.3, 0.4) is 0 Å². The third-order valence-electron chi connectivity index (χ3n) is 3.28. The first-order valence-electron chi connectivity index (χ1n) is 6.90. The van der Waals surface area contributed by atoms with Crippen LogP contribution >= 0.6 is 0 Å². The molecule has 1 amide bonds. The Morgan fingerprint density at radius 2 is 1.79 bits per heavy atom. The largest absolute Gasteiger partial charge is 0.376 e. The van der Waals surface area contributed by atoms with Gasteiger partial charge in [-0.1, -0.05) is 12.1 Å². The third-order valence-corrected chi connectivity index (χ3v) is 3.28. The number of non-ortho nitro benzene ring substituents is 1. The zero-order valence-corrected chi connectivity index (χ0v) is 12.7. The molecule has 0 atom stereocenters. The first-order valence-corrected chi connectivity index (χ1v) is 6.90. The van der Waals surface area contributed by atoms with Crippen molar-refractivity contribution in [1.82, 2.24) is 0 Å². The highest BCUT2D eigenvalue weighted by molar-refractivity contribution is 5.94. The number of anilines is 2. The first-order chi connectivity index (χ1) is 11.4. The molecule has 0 aliphatic rings. The molecule has 0 fully saturated rings. The van der Waals surface area contributed by atoms with E-state index in [4.69, 9.17) is 0 Å². The highest BCUT2D eigenvalue weighted by Crippen LogP contribution is 2.24. The van der Waals surface area contributed by atoms with Crippen molar-refractivity contribution in [2.75, 3.05) is 17.2 Å². The van der Waals surface area contributed by atoms with Gasteiger partial charge in [0, 0.05) is 35.1 Å². The van der Waals surface area contributed by atoms with Crippen LogP contribution < -0.4 is 10.6 Å². The summed E-state index contributed by atoms with van der Waals surface area (Å²) in [5.74, 6) is -0.429. The molecule has 124 valence electrons. The first kappa shape index (κ1) is 16.9. The van der Waals surface area contributed by atoms with Crippen LogP contribution in [0.4, 0.5) is 22.7 Å². The van der Waals surface area contributed by atoms with E-state index in [-0.39, 0.29) is 17.9 Å². The minimum Gasteiger partial charge on any atom is -0.376 e. The monoisotopic (exact) mass is 330 g/mol. The van der Waals surface area contributed by atoms with Crippen LogP contribution in [-0.2, 0) is 4.79 Å². The van der Waals surface area contributed by atoms with Crippen LogP contribution in [0.2, 0.25) is 0 Å². The fraction of sp³-hybridized carbons (Fsp3) is 0.133. The van der Waals surface area contributed by atoms with E-state index in [1.165, 1.54) is 36.4 Å². The summed E-state index contributed by atoms with van der Waals surface area (Å²) < 4.78 is 0. The zero-order chi connectivity index (χ0) is 17.7. The highest BCUT2D eigenvalue weighted by Gasteiger charge is 2.14. The van der Waals surface area contributed by atoms with Crippen molar-refractivity contribution < 1.29 is 14.6 Å². The van der Waals surface area contributed by atoms with Gasteiger partial charge in [0.15, 0.2) is 0 Å². The van der Waals surface area contributed by atoms with Gasteiger partial charge >= 0.3 is 0 Å². The normalized spacial score (nSPS) is 10.0. The van der Waals surface area contributed by atoms with Gasteiger partial charge in [0.05, 0.1) is 16.4 Å². The Morgan fingerprint density at radius 1 is 1.08 bits per heavy atom. The van der Waals surface area contributed by atoms with Crippen molar-refractivity contribution in [3.63, 3.8) is 0 Å². The van der Waals surface area contributed by atoms with Gasteiger partial charge in [-0.05, 0) is 19.1 Å². The second-order valence-corrected chi connectivity index (χ2v) is 4.92. The SMILES string of the molecule is Cc1c(NCC(=O)Nc2cccc([N+](=O)[O-])c2)cccc1[N+](=O)[O-]. The molecule has 2 N–H and O–H groups in total. The van der Waals surface area contributed by atoms with Gasteiger partial charge in [-0.25, -0.2) is 0 Å². The van der Waals surface area contributed by atoms with Crippen molar-refractivity contribution in [2.45, 2.75) is 6.92 Å². The van der Waals surface area contributed by atoms with Crippen LogP contribution in [-0.4, -0.2) is 22.3 Å². The van der Waals surface area contributed by atoms with Crippen molar-refractivity contribution in [1.29, 1.82) is 0 Å². The van der Waals surface area contributed by atoms with Crippen LogP contribution in [0.25, 0.3) is 0 Å². The van der Waals surface area contributed by atoms with Crippen molar-refractivity contribution in [3.8, 4) is 0 Å². The molecule has 0 saturated carbocycles. The standard InChI is InChI=1S/C15H14N4O5/c1-10-13(6-3-7-14(10)19(23)24)16-9-15(20)17-11-4-2-5-12(8-11)18(21)22/h2-8,16H,9H2,1H3,(H,17,20). The fourth-order valence-electron chi connectivity index (χ4n) is 2.09. The van der Waals surface area contributed by atoms with E-state index >= 15 is 0 Å². The number of carbonyl (C=O) groups excluding carboxylic acids is 1. The van der Waals surface area contributed by atoms with Gasteiger partial charge in [-0.2, -0.15) is 0 Å². The Labute approximate surface area is 136 Å². The molecule has 0 saturated heterocycles. The number of hydrogen-bond donors (Lipinski definition) is 2. The molecule has 2 aromatic rings. The minimum absolute atomic E-state index is 0.0425. The van der Waals surface area contributed by atoms with Gasteiger partial charge < -0.3 is 10.6 Å². The number of hydrogen-bond acceptors (Lipinski definition) is 6. The summed E-state index contributed by atoms with van der Waals surface area (Å²) in [5, 5.41) is 26.9. The van der Waals surface area contributed by atoms with Crippen LogP contribution in [0.5, 0.6) is 0 Å². The second kappa shape index (κ2) is 7.18. The Morgan fingerprint density at radius 3 is 2.46 bits per heavy atom. The van der Waals surface area contributed by atoms with Gasteiger partial charge in [-0.15, -0.1) is 0 Å². The van der Waals surface area contributed by atoms with E-state index in [1.54, 1.807) is 13.0 Å². The van der Waals surface area contributed by atoms with Crippen LogP contribution in [0.1, 0.15) is 5.56 Å². The maximum absolute atomic E-state index is 11.9. The van der Waals surface area contributed by atoms with E-state index in [1.807, 2.05) is 0 Å². The predicted octanol–water partition coefficient (Wildman–Crippen LogP) is 2.86. The lowest BCUT2D eigenvalue weighted by atomic mass is 10.1. The van der Waals surface area contributed by atoms with Crippen LogP contribution in [0, 0.1) is 27.2 Å². The quantitative estimate of drug-likeness (QED) is 0.619. The van der Waals surface area contributed by atoms with Gasteiger partial charge in [-0.3, -0.25) is 25.0 Å². The average molecular weight is 330 g/mol. The second-order valence-electron chi connectivity index (χ2n) is 4.92. The number of benzene rings is 2. The molecule has 0 aliphatic heterocycles. The van der Waals surface area contributed by atoms with Gasteiger partial charge in [0.2, 0.25) is 5.91 Å². The molecule has 9 heteroatoms. The molecule has 0 radical (unpaired) electrons. The molecular weight excluding hydrogens is 316 g/mol. The summed E-state index contributed by atoms with van der Waals surface area (Å²) in [4.78, 5) is 32.5.